The van der Waals surface area contributed by atoms with E-state index in [1.54, 1.807) is 18.0 Å². The maximum absolute atomic E-state index is 6.20. The molecule has 0 spiro atoms. The quantitative estimate of drug-likeness (QED) is 0.828. The van der Waals surface area contributed by atoms with Crippen LogP contribution in [0.4, 0.5) is 5.82 Å². The first-order chi connectivity index (χ1) is 8.69. The van der Waals surface area contributed by atoms with Gasteiger partial charge in [0.05, 0.1) is 0 Å². The molecule has 94 valence electrons. The molecule has 18 heavy (non-hydrogen) atoms. The molecule has 1 heterocycles. The highest BCUT2D eigenvalue weighted by Crippen LogP contribution is 2.20. The second-order valence-electron chi connectivity index (χ2n) is 4.17. The fraction of sp³-hybridized carbons (Fsp3) is 0.214. The molecular weight excluding hydrogens is 242 g/mol. The SMILES string of the molecule is CSc1ccc(C(N)Cc2ccnc(N)c2)cc1. The minimum absolute atomic E-state index is 0.0114. The molecule has 2 rings (SSSR count). The number of aromatic nitrogens is 1. The summed E-state index contributed by atoms with van der Waals surface area (Å²) in [5.74, 6) is 0.539. The number of hydrogen-bond acceptors (Lipinski definition) is 4. The van der Waals surface area contributed by atoms with Crippen LogP contribution in [0.15, 0.2) is 47.5 Å². The summed E-state index contributed by atoms with van der Waals surface area (Å²) in [6.45, 7) is 0. The van der Waals surface area contributed by atoms with Crippen molar-refractivity contribution in [2.24, 2.45) is 5.73 Å². The van der Waals surface area contributed by atoms with Gasteiger partial charge < -0.3 is 11.5 Å². The number of nitrogen functional groups attached to an aromatic ring is 1. The standard InChI is InChI=1S/C14H17N3S/c1-18-12-4-2-11(3-5-12)13(15)8-10-6-7-17-14(16)9-10/h2-7,9,13H,8,15H2,1H3,(H2,16,17). The van der Waals surface area contributed by atoms with Crippen LogP contribution in [0.1, 0.15) is 17.2 Å². The molecular formula is C14H17N3S. The molecule has 0 saturated heterocycles. The Balaban J connectivity index is 2.09. The highest BCUT2D eigenvalue weighted by molar-refractivity contribution is 7.98. The first-order valence-electron chi connectivity index (χ1n) is 5.79. The van der Waals surface area contributed by atoms with Gasteiger partial charge in [-0.2, -0.15) is 0 Å². The molecule has 4 heteroatoms. The van der Waals surface area contributed by atoms with E-state index in [0.29, 0.717) is 5.82 Å². The summed E-state index contributed by atoms with van der Waals surface area (Å²) in [6.07, 6.45) is 4.55. The van der Waals surface area contributed by atoms with Crippen LogP contribution in [0, 0.1) is 0 Å². The van der Waals surface area contributed by atoms with Crippen molar-refractivity contribution in [1.29, 1.82) is 0 Å². The summed E-state index contributed by atoms with van der Waals surface area (Å²) in [7, 11) is 0. The molecule has 0 bridgehead atoms. The first-order valence-corrected chi connectivity index (χ1v) is 7.01. The van der Waals surface area contributed by atoms with Crippen LogP contribution in [-0.2, 0) is 6.42 Å². The van der Waals surface area contributed by atoms with E-state index in [9.17, 15) is 0 Å². The molecule has 3 nitrogen and oxygen atoms in total. The Morgan fingerprint density at radius 1 is 1.22 bits per heavy atom. The van der Waals surface area contributed by atoms with E-state index >= 15 is 0 Å². The number of nitrogens with two attached hydrogens (primary N) is 2. The van der Waals surface area contributed by atoms with Crippen molar-refractivity contribution in [2.45, 2.75) is 17.4 Å². The smallest absolute Gasteiger partial charge is 0.123 e. The third-order valence-electron chi connectivity index (χ3n) is 2.85. The lowest BCUT2D eigenvalue weighted by Crippen LogP contribution is -2.13. The van der Waals surface area contributed by atoms with Crippen LogP contribution in [-0.4, -0.2) is 11.2 Å². The second-order valence-corrected chi connectivity index (χ2v) is 5.05. The minimum Gasteiger partial charge on any atom is -0.384 e. The zero-order valence-corrected chi connectivity index (χ0v) is 11.2. The van der Waals surface area contributed by atoms with Gasteiger partial charge in [-0.05, 0) is 48.1 Å². The maximum atomic E-state index is 6.20. The van der Waals surface area contributed by atoms with Crippen LogP contribution in [0.3, 0.4) is 0 Å². The fourth-order valence-electron chi connectivity index (χ4n) is 1.84. The molecule has 0 aliphatic rings. The summed E-state index contributed by atoms with van der Waals surface area (Å²) < 4.78 is 0. The van der Waals surface area contributed by atoms with Gasteiger partial charge in [-0.25, -0.2) is 4.98 Å². The van der Waals surface area contributed by atoms with Crippen LogP contribution in [0.2, 0.25) is 0 Å². The molecule has 0 fully saturated rings. The van der Waals surface area contributed by atoms with Gasteiger partial charge in [-0.3, -0.25) is 0 Å². The molecule has 1 unspecified atom stereocenters. The highest BCUT2D eigenvalue weighted by atomic mass is 32.2. The van der Waals surface area contributed by atoms with E-state index in [2.05, 4.69) is 35.5 Å². The summed E-state index contributed by atoms with van der Waals surface area (Å²) in [5.41, 5.74) is 14.1. The lowest BCUT2D eigenvalue weighted by molar-refractivity contribution is 0.720. The van der Waals surface area contributed by atoms with Crippen molar-refractivity contribution in [3.63, 3.8) is 0 Å². The number of nitrogens with zero attached hydrogens (tertiary/aromatic N) is 1. The number of rotatable bonds is 4. The fourth-order valence-corrected chi connectivity index (χ4v) is 2.25. The van der Waals surface area contributed by atoms with Crippen molar-refractivity contribution < 1.29 is 0 Å². The Labute approximate surface area is 112 Å². The number of thioether (sulfide) groups is 1. The predicted octanol–water partition coefficient (Wildman–Crippen LogP) is 2.63. The van der Waals surface area contributed by atoms with E-state index in [0.717, 1.165) is 17.5 Å². The predicted molar refractivity (Wildman–Crippen MR) is 77.5 cm³/mol. The highest BCUT2D eigenvalue weighted by Gasteiger charge is 2.07. The zero-order chi connectivity index (χ0) is 13.0. The first kappa shape index (κ1) is 12.9. The summed E-state index contributed by atoms with van der Waals surface area (Å²) in [6, 6.07) is 12.2. The van der Waals surface area contributed by atoms with Crippen LogP contribution >= 0.6 is 11.8 Å². The minimum atomic E-state index is -0.0114. The molecule has 0 radical (unpaired) electrons. The third-order valence-corrected chi connectivity index (χ3v) is 3.59. The molecule has 1 aromatic heterocycles. The number of pyridine rings is 1. The molecule has 1 aromatic carbocycles. The topological polar surface area (TPSA) is 64.9 Å². The molecule has 1 atom stereocenters. The molecule has 0 amide bonds. The Hall–Kier alpha value is -1.52. The summed E-state index contributed by atoms with van der Waals surface area (Å²) in [4.78, 5) is 5.23. The Bertz CT molecular complexity index is 511. The van der Waals surface area contributed by atoms with Crippen LogP contribution < -0.4 is 11.5 Å². The van der Waals surface area contributed by atoms with Gasteiger partial charge in [0.15, 0.2) is 0 Å². The average Bonchev–Trinajstić information content (AvgIpc) is 2.39. The van der Waals surface area contributed by atoms with Gasteiger partial charge in [0.2, 0.25) is 0 Å². The van der Waals surface area contributed by atoms with Crippen molar-refractivity contribution >= 4 is 17.6 Å². The van der Waals surface area contributed by atoms with Gasteiger partial charge >= 0.3 is 0 Å². The van der Waals surface area contributed by atoms with E-state index < -0.39 is 0 Å². The molecule has 0 aliphatic carbocycles. The maximum Gasteiger partial charge on any atom is 0.123 e. The van der Waals surface area contributed by atoms with Gasteiger partial charge in [0.1, 0.15) is 5.82 Å². The third kappa shape index (κ3) is 3.24. The molecule has 0 aliphatic heterocycles. The number of hydrogen-bond donors (Lipinski definition) is 2. The van der Waals surface area contributed by atoms with Crippen molar-refractivity contribution in [2.75, 3.05) is 12.0 Å². The summed E-state index contributed by atoms with van der Waals surface area (Å²) >= 11 is 1.73. The van der Waals surface area contributed by atoms with Gasteiger partial charge in [0.25, 0.3) is 0 Å². The van der Waals surface area contributed by atoms with Crippen molar-refractivity contribution in [3.05, 3.63) is 53.7 Å². The van der Waals surface area contributed by atoms with E-state index in [-0.39, 0.29) is 6.04 Å². The monoisotopic (exact) mass is 259 g/mol. The van der Waals surface area contributed by atoms with Crippen molar-refractivity contribution in [1.82, 2.24) is 4.98 Å². The van der Waals surface area contributed by atoms with Gasteiger partial charge in [-0.15, -0.1) is 11.8 Å². The Kier molecular flexibility index (Phi) is 4.23. The van der Waals surface area contributed by atoms with Gasteiger partial charge in [0, 0.05) is 17.1 Å². The van der Waals surface area contributed by atoms with Crippen LogP contribution in [0.5, 0.6) is 0 Å². The van der Waals surface area contributed by atoms with E-state index in [1.807, 2.05) is 12.1 Å². The number of anilines is 1. The summed E-state index contributed by atoms with van der Waals surface area (Å²) in [5, 5.41) is 0. The molecule has 0 saturated carbocycles. The van der Waals surface area contributed by atoms with Crippen LogP contribution in [0.25, 0.3) is 0 Å². The van der Waals surface area contributed by atoms with E-state index in [4.69, 9.17) is 11.5 Å². The van der Waals surface area contributed by atoms with E-state index in [1.165, 1.54) is 4.90 Å². The van der Waals surface area contributed by atoms with Gasteiger partial charge in [-0.1, -0.05) is 12.1 Å². The normalized spacial score (nSPS) is 12.3. The van der Waals surface area contributed by atoms with Crippen molar-refractivity contribution in [3.8, 4) is 0 Å². The number of benzene rings is 1. The largest absolute Gasteiger partial charge is 0.384 e. The zero-order valence-electron chi connectivity index (χ0n) is 10.3. The average molecular weight is 259 g/mol. The molecule has 4 N–H and O–H groups in total. The Morgan fingerprint density at radius 2 is 1.94 bits per heavy atom. The lowest BCUT2D eigenvalue weighted by atomic mass is 10.0. The second kappa shape index (κ2) is 5.89. The Morgan fingerprint density at radius 3 is 2.56 bits per heavy atom. The molecule has 2 aromatic rings. The lowest BCUT2D eigenvalue weighted by Gasteiger charge is -2.12.